The van der Waals surface area contributed by atoms with Gasteiger partial charge >= 0.3 is 0 Å². The first-order chi connectivity index (χ1) is 10.9. The van der Waals surface area contributed by atoms with Crippen molar-refractivity contribution in [2.24, 2.45) is 4.99 Å². The molecule has 23 heavy (non-hydrogen) atoms. The van der Waals surface area contributed by atoms with Crippen LogP contribution in [0, 0.1) is 6.92 Å². The maximum Gasteiger partial charge on any atom is 0.191 e. The summed E-state index contributed by atoms with van der Waals surface area (Å²) in [7, 11) is 1.78. The second-order valence-electron chi connectivity index (χ2n) is 6.64. The second-order valence-corrected chi connectivity index (χ2v) is 7.58. The highest BCUT2D eigenvalue weighted by atomic mass is 32.1. The van der Waals surface area contributed by atoms with Crippen LogP contribution in [-0.2, 0) is 18.5 Å². The summed E-state index contributed by atoms with van der Waals surface area (Å²) < 4.78 is 0. The molecule has 0 amide bonds. The molecular weight excluding hydrogens is 304 g/mol. The van der Waals surface area contributed by atoms with Crippen molar-refractivity contribution in [3.63, 3.8) is 0 Å². The lowest BCUT2D eigenvalue weighted by molar-refractivity contribution is 0.570. The molecule has 0 bridgehead atoms. The molecule has 0 atom stereocenters. The maximum atomic E-state index is 4.69. The van der Waals surface area contributed by atoms with Crippen LogP contribution < -0.4 is 10.6 Å². The molecule has 1 heterocycles. The number of benzene rings is 1. The normalized spacial score (nSPS) is 12.3. The second kappa shape index (κ2) is 7.59. The van der Waals surface area contributed by atoms with Crippen molar-refractivity contribution in [2.75, 3.05) is 7.05 Å². The number of aliphatic imine (C=N–C) groups is 1. The average Bonchev–Trinajstić information content (AvgIpc) is 2.98. The van der Waals surface area contributed by atoms with Crippen LogP contribution in [0.4, 0.5) is 0 Å². The zero-order valence-electron chi connectivity index (χ0n) is 14.6. The van der Waals surface area contributed by atoms with Crippen molar-refractivity contribution in [1.82, 2.24) is 15.6 Å². The fraction of sp³-hybridized carbons (Fsp3) is 0.444. The zero-order chi connectivity index (χ0) is 16.9. The van der Waals surface area contributed by atoms with E-state index in [1.807, 2.05) is 0 Å². The first-order valence-corrected chi connectivity index (χ1v) is 8.71. The minimum atomic E-state index is 0.0973. The van der Waals surface area contributed by atoms with Crippen LogP contribution in [0.1, 0.15) is 42.6 Å². The van der Waals surface area contributed by atoms with E-state index in [1.54, 1.807) is 18.4 Å². The molecule has 1 aromatic heterocycles. The number of hydrogen-bond donors (Lipinski definition) is 2. The van der Waals surface area contributed by atoms with E-state index in [0.717, 1.165) is 23.2 Å². The average molecular weight is 331 g/mol. The summed E-state index contributed by atoms with van der Waals surface area (Å²) in [6.07, 6.45) is 0. The molecule has 2 aromatic rings. The Labute approximate surface area is 143 Å². The van der Waals surface area contributed by atoms with Crippen LogP contribution >= 0.6 is 11.3 Å². The fourth-order valence-electron chi connectivity index (χ4n) is 2.01. The van der Waals surface area contributed by atoms with E-state index in [-0.39, 0.29) is 5.41 Å². The summed E-state index contributed by atoms with van der Waals surface area (Å²) in [5.74, 6) is 0.790. The minimum Gasteiger partial charge on any atom is -0.352 e. The molecule has 0 fully saturated rings. The predicted molar refractivity (Wildman–Crippen MR) is 99.0 cm³/mol. The molecule has 0 aliphatic rings. The summed E-state index contributed by atoms with van der Waals surface area (Å²) in [6.45, 7) is 10.1. The smallest absolute Gasteiger partial charge is 0.191 e. The number of rotatable bonds is 4. The third-order valence-electron chi connectivity index (χ3n) is 3.53. The third kappa shape index (κ3) is 5.36. The highest BCUT2D eigenvalue weighted by Crippen LogP contribution is 2.23. The summed E-state index contributed by atoms with van der Waals surface area (Å²) in [6, 6.07) is 8.51. The van der Waals surface area contributed by atoms with Gasteiger partial charge in [0.05, 0.1) is 12.2 Å². The number of nitrogens with zero attached hydrogens (tertiary/aromatic N) is 2. The largest absolute Gasteiger partial charge is 0.352 e. The van der Waals surface area contributed by atoms with Crippen LogP contribution in [0.2, 0.25) is 0 Å². The van der Waals surface area contributed by atoms with Crippen molar-refractivity contribution >= 4 is 17.3 Å². The molecule has 2 N–H and O–H groups in total. The first kappa shape index (κ1) is 17.5. The van der Waals surface area contributed by atoms with Crippen LogP contribution in [0.25, 0.3) is 0 Å². The molecule has 0 saturated heterocycles. The van der Waals surface area contributed by atoms with Gasteiger partial charge in [-0.2, -0.15) is 0 Å². The lowest BCUT2D eigenvalue weighted by atomic mass is 9.93. The Morgan fingerprint density at radius 3 is 2.35 bits per heavy atom. The summed E-state index contributed by atoms with van der Waals surface area (Å²) in [5.41, 5.74) is 3.75. The van der Waals surface area contributed by atoms with Gasteiger partial charge in [0.25, 0.3) is 0 Å². The number of hydrogen-bond acceptors (Lipinski definition) is 3. The van der Waals surface area contributed by atoms with Gasteiger partial charge in [0.1, 0.15) is 5.01 Å². The van der Waals surface area contributed by atoms with E-state index < -0.39 is 0 Å². The monoisotopic (exact) mass is 330 g/mol. The molecule has 0 saturated carbocycles. The van der Waals surface area contributed by atoms with Crippen LogP contribution in [0.5, 0.6) is 0 Å². The Morgan fingerprint density at radius 1 is 1.13 bits per heavy atom. The summed E-state index contributed by atoms with van der Waals surface area (Å²) in [5, 5.41) is 9.86. The Balaban J connectivity index is 1.85. The molecule has 0 radical (unpaired) electrons. The Kier molecular flexibility index (Phi) is 5.77. The third-order valence-corrected chi connectivity index (χ3v) is 4.38. The highest BCUT2D eigenvalue weighted by molar-refractivity contribution is 7.09. The minimum absolute atomic E-state index is 0.0973. The van der Waals surface area contributed by atoms with Crippen LogP contribution in [-0.4, -0.2) is 18.0 Å². The molecule has 0 spiro atoms. The van der Waals surface area contributed by atoms with Gasteiger partial charge in [-0.25, -0.2) is 4.98 Å². The van der Waals surface area contributed by atoms with E-state index in [0.29, 0.717) is 6.54 Å². The number of nitrogens with one attached hydrogen (secondary N) is 2. The van der Waals surface area contributed by atoms with Crippen molar-refractivity contribution < 1.29 is 0 Å². The Morgan fingerprint density at radius 2 is 1.78 bits per heavy atom. The van der Waals surface area contributed by atoms with Crippen LogP contribution in [0.15, 0.2) is 34.6 Å². The molecule has 0 aliphatic heterocycles. The summed E-state index contributed by atoms with van der Waals surface area (Å²) >= 11 is 1.69. The Bertz CT molecular complexity index is 650. The predicted octanol–water partition coefficient (Wildman–Crippen LogP) is 3.61. The Hall–Kier alpha value is -1.88. The number of guanidine groups is 1. The molecule has 2 rings (SSSR count). The molecule has 0 aliphatic carbocycles. The molecule has 0 unspecified atom stereocenters. The van der Waals surface area contributed by atoms with Crippen molar-refractivity contribution in [2.45, 2.75) is 46.2 Å². The lowest BCUT2D eigenvalue weighted by Gasteiger charge is -2.14. The van der Waals surface area contributed by atoms with E-state index >= 15 is 0 Å². The number of thiazole rings is 1. The topological polar surface area (TPSA) is 49.3 Å². The van der Waals surface area contributed by atoms with Gasteiger partial charge in [-0.05, 0) is 12.5 Å². The standard InChI is InChI=1S/C18H26N4S/c1-13-6-8-14(9-7-13)10-20-17(19-5)21-11-16-22-15(12-23-16)18(2,3)4/h6-9,12H,10-11H2,1-5H3,(H2,19,20,21). The van der Waals surface area contributed by atoms with Crippen molar-refractivity contribution in [3.8, 4) is 0 Å². The summed E-state index contributed by atoms with van der Waals surface area (Å²) in [4.78, 5) is 8.95. The fourth-order valence-corrected chi connectivity index (χ4v) is 2.97. The van der Waals surface area contributed by atoms with E-state index in [1.165, 1.54) is 11.1 Å². The van der Waals surface area contributed by atoms with E-state index in [9.17, 15) is 0 Å². The van der Waals surface area contributed by atoms with Gasteiger partial charge < -0.3 is 10.6 Å². The van der Waals surface area contributed by atoms with E-state index in [2.05, 4.69) is 78.0 Å². The lowest BCUT2D eigenvalue weighted by Crippen LogP contribution is -2.36. The quantitative estimate of drug-likeness (QED) is 0.665. The van der Waals surface area contributed by atoms with Gasteiger partial charge in [-0.3, -0.25) is 4.99 Å². The van der Waals surface area contributed by atoms with E-state index in [4.69, 9.17) is 0 Å². The van der Waals surface area contributed by atoms with Crippen molar-refractivity contribution in [3.05, 3.63) is 51.5 Å². The molecule has 4 nitrogen and oxygen atoms in total. The number of aromatic nitrogens is 1. The maximum absolute atomic E-state index is 4.69. The molecule has 1 aromatic carbocycles. The number of aryl methyl sites for hydroxylation is 1. The molecular formula is C18H26N4S. The van der Waals surface area contributed by atoms with Gasteiger partial charge in [0.15, 0.2) is 5.96 Å². The highest BCUT2D eigenvalue weighted by Gasteiger charge is 2.17. The SMILES string of the molecule is CN=C(NCc1ccc(C)cc1)NCc1nc(C(C)(C)C)cs1. The molecule has 5 heteroatoms. The van der Waals surface area contributed by atoms with Gasteiger partial charge in [0, 0.05) is 24.4 Å². The first-order valence-electron chi connectivity index (χ1n) is 7.83. The van der Waals surface area contributed by atoms with Crippen molar-refractivity contribution in [1.29, 1.82) is 0 Å². The zero-order valence-corrected chi connectivity index (χ0v) is 15.4. The van der Waals surface area contributed by atoms with Crippen LogP contribution in [0.3, 0.4) is 0 Å². The van der Waals surface area contributed by atoms with Gasteiger partial charge in [0.2, 0.25) is 0 Å². The van der Waals surface area contributed by atoms with Gasteiger partial charge in [-0.1, -0.05) is 50.6 Å². The molecule has 124 valence electrons. The van der Waals surface area contributed by atoms with Gasteiger partial charge in [-0.15, -0.1) is 11.3 Å².